The van der Waals surface area contributed by atoms with Crippen molar-refractivity contribution >= 4 is 14.4 Å². The summed E-state index contributed by atoms with van der Waals surface area (Å²) in [6, 6.07) is 0. The molecule has 0 bridgehead atoms. The minimum Gasteiger partial charge on any atom is -0.347 e. The molecule has 194 valence electrons. The van der Waals surface area contributed by atoms with E-state index in [9.17, 15) is 4.79 Å². The maximum Gasteiger partial charge on any atom is 0.172 e. The van der Waals surface area contributed by atoms with Crippen LogP contribution in [0.25, 0.3) is 0 Å². The molecule has 0 aromatic heterocycles. The number of hydrogen-bond donors (Lipinski definition) is 0. The molecule has 1 saturated heterocycles. The third kappa shape index (κ3) is 3.43. The van der Waals surface area contributed by atoms with Crippen molar-refractivity contribution in [2.45, 2.75) is 122 Å². The molecule has 1 aliphatic heterocycles. The first kappa shape index (κ1) is 25.5. The van der Waals surface area contributed by atoms with Crippen molar-refractivity contribution < 1.29 is 14.3 Å². The van der Waals surface area contributed by atoms with Crippen molar-refractivity contribution in [2.75, 3.05) is 13.2 Å². The Morgan fingerprint density at radius 2 is 1.56 bits per heavy atom. The van der Waals surface area contributed by atoms with E-state index in [0.717, 1.165) is 37.0 Å². The van der Waals surface area contributed by atoms with Crippen LogP contribution in [0.4, 0.5) is 0 Å². The SMILES string of the molecule is C[C@H](C=O)[C@H]1CC[C@H]2[C@@H]3CC4(OCCO4)[C@H]4CC([Si](C)(C)C(C)(C)C)CC[C@]4(C)[C@H]3CC[C@]12C. The van der Waals surface area contributed by atoms with Gasteiger partial charge in [0.25, 0.3) is 0 Å². The van der Waals surface area contributed by atoms with Gasteiger partial charge in [0.1, 0.15) is 6.29 Å². The molecular weight excluding hydrogens is 436 g/mol. The lowest BCUT2D eigenvalue weighted by Gasteiger charge is -2.66. The van der Waals surface area contributed by atoms with Gasteiger partial charge < -0.3 is 14.3 Å². The third-order valence-electron chi connectivity index (χ3n) is 13.3. The Balaban J connectivity index is 1.49. The Kier molecular flexibility index (Phi) is 6.10. The summed E-state index contributed by atoms with van der Waals surface area (Å²) in [6.45, 7) is 21.6. The summed E-state index contributed by atoms with van der Waals surface area (Å²) < 4.78 is 13.5. The number of rotatable bonds is 3. The molecule has 4 heteroatoms. The van der Waals surface area contributed by atoms with Crippen molar-refractivity contribution in [2.24, 2.45) is 46.3 Å². The summed E-state index contributed by atoms with van der Waals surface area (Å²) in [5.74, 6) is 3.12. The Hall–Kier alpha value is -0.193. The molecule has 9 atom stereocenters. The van der Waals surface area contributed by atoms with Gasteiger partial charge in [-0.15, -0.1) is 0 Å². The van der Waals surface area contributed by atoms with Crippen molar-refractivity contribution in [3.05, 3.63) is 0 Å². The zero-order chi connectivity index (χ0) is 24.7. The molecule has 5 rings (SSSR count). The average molecular weight is 489 g/mol. The predicted molar refractivity (Wildman–Crippen MR) is 141 cm³/mol. The lowest BCUT2D eigenvalue weighted by Crippen LogP contribution is -2.64. The van der Waals surface area contributed by atoms with E-state index in [1.165, 1.54) is 51.2 Å². The zero-order valence-corrected chi connectivity index (χ0v) is 24.4. The van der Waals surface area contributed by atoms with Crippen molar-refractivity contribution in [1.29, 1.82) is 0 Å². The molecule has 5 fully saturated rings. The van der Waals surface area contributed by atoms with E-state index in [2.05, 4.69) is 54.6 Å². The van der Waals surface area contributed by atoms with Gasteiger partial charge in [0.05, 0.1) is 21.3 Å². The molecule has 1 spiro atoms. The molecule has 34 heavy (non-hydrogen) atoms. The molecular formula is C30H52O3Si. The Labute approximate surface area is 210 Å². The first-order valence-electron chi connectivity index (χ1n) is 14.5. The first-order chi connectivity index (χ1) is 15.8. The predicted octanol–water partition coefficient (Wildman–Crippen LogP) is 7.71. The van der Waals surface area contributed by atoms with Gasteiger partial charge in [-0.05, 0) is 83.6 Å². The van der Waals surface area contributed by atoms with Crippen LogP contribution in [0.2, 0.25) is 23.7 Å². The van der Waals surface area contributed by atoms with Crippen LogP contribution in [-0.4, -0.2) is 33.4 Å². The number of carbonyl (C=O) groups is 1. The van der Waals surface area contributed by atoms with Crippen LogP contribution in [0.3, 0.4) is 0 Å². The fourth-order valence-electron chi connectivity index (χ4n) is 10.4. The van der Waals surface area contributed by atoms with E-state index in [1.54, 1.807) is 0 Å². The van der Waals surface area contributed by atoms with Crippen molar-refractivity contribution in [3.8, 4) is 0 Å². The highest BCUT2D eigenvalue weighted by Crippen LogP contribution is 2.72. The van der Waals surface area contributed by atoms with E-state index in [0.29, 0.717) is 33.6 Å². The fraction of sp³-hybridized carbons (Fsp3) is 0.967. The lowest BCUT2D eigenvalue weighted by molar-refractivity contribution is -0.292. The number of fused-ring (bicyclic) bond motifs is 6. The molecule has 3 nitrogen and oxygen atoms in total. The van der Waals surface area contributed by atoms with E-state index < -0.39 is 8.07 Å². The van der Waals surface area contributed by atoms with Crippen molar-refractivity contribution in [1.82, 2.24) is 0 Å². The highest BCUT2D eigenvalue weighted by atomic mass is 28.3. The standard InChI is InChI=1S/C30H52O3Si/c1-20(19-31)23-9-10-24-22-18-30(32-15-16-33-30)26-17-21(34(7,8)27(2,3)4)11-13-29(26,6)25(22)12-14-28(23,24)5/h19-26H,9-18H2,1-8H3/t20-,21?,22+,23-,24+,25+,26+,28-,29-/m1/s1. The highest BCUT2D eigenvalue weighted by molar-refractivity contribution is 6.81. The van der Waals surface area contributed by atoms with Gasteiger partial charge in [-0.3, -0.25) is 0 Å². The van der Waals surface area contributed by atoms with Gasteiger partial charge in [0, 0.05) is 18.3 Å². The number of aldehydes is 1. The molecule has 5 aliphatic rings. The van der Waals surface area contributed by atoms with Gasteiger partial charge in [0.2, 0.25) is 0 Å². The van der Waals surface area contributed by atoms with Crippen LogP contribution >= 0.6 is 0 Å². The average Bonchev–Trinajstić information content (AvgIpc) is 3.37. The summed E-state index contributed by atoms with van der Waals surface area (Å²) >= 11 is 0. The van der Waals surface area contributed by atoms with E-state index >= 15 is 0 Å². The van der Waals surface area contributed by atoms with Crippen LogP contribution in [0.5, 0.6) is 0 Å². The molecule has 0 radical (unpaired) electrons. The minimum atomic E-state index is -1.43. The van der Waals surface area contributed by atoms with Gasteiger partial charge in [-0.2, -0.15) is 0 Å². The summed E-state index contributed by atoms with van der Waals surface area (Å²) in [5, 5.41) is 0.425. The quantitative estimate of drug-likeness (QED) is 0.301. The van der Waals surface area contributed by atoms with Gasteiger partial charge in [0.15, 0.2) is 5.79 Å². The molecule has 0 amide bonds. The van der Waals surface area contributed by atoms with Gasteiger partial charge in [-0.25, -0.2) is 0 Å². The number of ether oxygens (including phenoxy) is 2. The zero-order valence-electron chi connectivity index (χ0n) is 23.4. The Morgan fingerprint density at radius 1 is 0.941 bits per heavy atom. The van der Waals surface area contributed by atoms with Crippen LogP contribution in [-0.2, 0) is 14.3 Å². The van der Waals surface area contributed by atoms with E-state index in [4.69, 9.17) is 9.47 Å². The largest absolute Gasteiger partial charge is 0.347 e. The molecule has 4 aliphatic carbocycles. The lowest BCUT2D eigenvalue weighted by atomic mass is 9.43. The van der Waals surface area contributed by atoms with Gasteiger partial charge >= 0.3 is 0 Å². The van der Waals surface area contributed by atoms with Crippen LogP contribution in [0, 0.1) is 46.3 Å². The van der Waals surface area contributed by atoms with Crippen LogP contribution in [0.1, 0.15) is 92.9 Å². The van der Waals surface area contributed by atoms with Crippen molar-refractivity contribution in [3.63, 3.8) is 0 Å². The maximum atomic E-state index is 11.8. The summed E-state index contributed by atoms with van der Waals surface area (Å²) in [5.41, 5.74) is 1.48. The molecule has 4 saturated carbocycles. The second kappa shape index (κ2) is 8.15. The van der Waals surface area contributed by atoms with E-state index in [-0.39, 0.29) is 11.7 Å². The summed E-state index contributed by atoms with van der Waals surface area (Å²) in [7, 11) is -1.43. The van der Waals surface area contributed by atoms with Gasteiger partial charge in [-0.1, -0.05) is 61.1 Å². The van der Waals surface area contributed by atoms with E-state index in [1.807, 2.05) is 0 Å². The molecule has 0 aromatic carbocycles. The summed E-state index contributed by atoms with van der Waals surface area (Å²) in [4.78, 5) is 11.8. The highest BCUT2D eigenvalue weighted by Gasteiger charge is 2.68. The maximum absolute atomic E-state index is 11.8. The molecule has 1 heterocycles. The smallest absolute Gasteiger partial charge is 0.172 e. The Bertz CT molecular complexity index is 795. The summed E-state index contributed by atoms with van der Waals surface area (Å²) in [6.07, 6.45) is 11.6. The van der Waals surface area contributed by atoms with Crippen LogP contribution < -0.4 is 0 Å². The Morgan fingerprint density at radius 3 is 2.18 bits per heavy atom. The molecule has 1 unspecified atom stereocenters. The molecule has 0 N–H and O–H groups in total. The number of hydrogen-bond acceptors (Lipinski definition) is 3. The number of carbonyl (C=O) groups excluding carboxylic acids is 1. The minimum absolute atomic E-state index is 0.187. The van der Waals surface area contributed by atoms with Crippen LogP contribution in [0.15, 0.2) is 0 Å². The fourth-order valence-corrected chi connectivity index (χ4v) is 13.3. The topological polar surface area (TPSA) is 35.5 Å². The monoisotopic (exact) mass is 488 g/mol. The first-order valence-corrected chi connectivity index (χ1v) is 17.6. The normalized spacial score (nSPS) is 47.1. The molecule has 0 aromatic rings. The second-order valence-electron chi connectivity index (χ2n) is 15.3. The third-order valence-corrected chi connectivity index (χ3v) is 19.8. The second-order valence-corrected chi connectivity index (χ2v) is 21.1.